The maximum atomic E-state index is 12.3. The average Bonchev–Trinajstić information content (AvgIpc) is 2.39. The molecule has 0 heterocycles. The molecule has 0 unspecified atom stereocenters. The van der Waals surface area contributed by atoms with Crippen LogP contribution in [0.3, 0.4) is 0 Å². The summed E-state index contributed by atoms with van der Waals surface area (Å²) >= 11 is 11.4. The van der Waals surface area contributed by atoms with E-state index in [1.54, 1.807) is 6.92 Å². The van der Waals surface area contributed by atoms with Crippen molar-refractivity contribution in [3.05, 3.63) is 33.8 Å². The topological polar surface area (TPSA) is 69.7 Å². The van der Waals surface area contributed by atoms with Gasteiger partial charge in [0.2, 0.25) is 0 Å². The lowest BCUT2D eigenvalue weighted by atomic mass is 10.2. The molecule has 0 saturated heterocycles. The SMILES string of the molecule is CCOC(=O)/C=C/c1cc(Cl)c(OS(=O)(=O)C(F)(F)F)c(Cl)c1. The first kappa shape index (κ1) is 19.6. The zero-order chi connectivity index (χ0) is 17.8. The number of carbonyl (C=O) groups is 1. The molecule has 0 atom stereocenters. The van der Waals surface area contributed by atoms with Gasteiger partial charge in [0, 0.05) is 6.08 Å². The van der Waals surface area contributed by atoms with Crippen LogP contribution in [0.5, 0.6) is 5.75 Å². The van der Waals surface area contributed by atoms with E-state index >= 15 is 0 Å². The van der Waals surface area contributed by atoms with E-state index in [9.17, 15) is 26.4 Å². The van der Waals surface area contributed by atoms with Crippen molar-refractivity contribution in [3.63, 3.8) is 0 Å². The van der Waals surface area contributed by atoms with Crippen molar-refractivity contribution in [1.29, 1.82) is 0 Å². The van der Waals surface area contributed by atoms with Crippen molar-refractivity contribution >= 4 is 45.4 Å². The van der Waals surface area contributed by atoms with Crippen molar-refractivity contribution in [2.24, 2.45) is 0 Å². The summed E-state index contributed by atoms with van der Waals surface area (Å²) < 4.78 is 67.3. The molecule has 0 aliphatic heterocycles. The Hall–Kier alpha value is -1.45. The number of alkyl halides is 3. The molecule has 0 aromatic heterocycles. The van der Waals surface area contributed by atoms with Crippen LogP contribution in [0.4, 0.5) is 13.2 Å². The highest BCUT2D eigenvalue weighted by molar-refractivity contribution is 7.88. The van der Waals surface area contributed by atoms with E-state index in [2.05, 4.69) is 8.92 Å². The Labute approximate surface area is 139 Å². The molecule has 0 spiro atoms. The lowest BCUT2D eigenvalue weighted by Crippen LogP contribution is -2.28. The second-order valence-electron chi connectivity index (χ2n) is 3.88. The van der Waals surface area contributed by atoms with Crippen molar-refractivity contribution in [1.82, 2.24) is 0 Å². The highest BCUT2D eigenvalue weighted by Crippen LogP contribution is 2.38. The normalized spacial score (nSPS) is 12.4. The maximum Gasteiger partial charge on any atom is 0.534 e. The summed E-state index contributed by atoms with van der Waals surface area (Å²) in [7, 11) is -5.90. The molecule has 0 saturated carbocycles. The van der Waals surface area contributed by atoms with E-state index < -0.39 is 37.4 Å². The van der Waals surface area contributed by atoms with Crippen molar-refractivity contribution < 1.29 is 35.3 Å². The monoisotopic (exact) mass is 392 g/mol. The van der Waals surface area contributed by atoms with Crippen LogP contribution in [0.1, 0.15) is 12.5 Å². The highest BCUT2D eigenvalue weighted by atomic mass is 35.5. The third kappa shape index (κ3) is 5.29. The first-order valence-electron chi connectivity index (χ1n) is 5.82. The Balaban J connectivity index is 3.10. The fourth-order valence-corrected chi connectivity index (χ4v) is 2.43. The first-order valence-corrected chi connectivity index (χ1v) is 7.99. The molecule has 0 amide bonds. The van der Waals surface area contributed by atoms with Crippen LogP contribution in [0.25, 0.3) is 6.08 Å². The fraction of sp³-hybridized carbons (Fsp3) is 0.250. The van der Waals surface area contributed by atoms with Crippen LogP contribution in [0.15, 0.2) is 18.2 Å². The van der Waals surface area contributed by atoms with Gasteiger partial charge >= 0.3 is 21.6 Å². The van der Waals surface area contributed by atoms with Crippen molar-refractivity contribution in [2.75, 3.05) is 6.61 Å². The minimum Gasteiger partial charge on any atom is -0.463 e. The minimum absolute atomic E-state index is 0.159. The Bertz CT molecular complexity index is 706. The van der Waals surface area contributed by atoms with Gasteiger partial charge in [-0.15, -0.1) is 0 Å². The van der Waals surface area contributed by atoms with E-state index in [-0.39, 0.29) is 12.2 Å². The molecule has 0 fully saturated rings. The number of hydrogen-bond acceptors (Lipinski definition) is 5. The van der Waals surface area contributed by atoms with E-state index in [1.807, 2.05) is 0 Å². The van der Waals surface area contributed by atoms with Crippen LogP contribution >= 0.6 is 23.2 Å². The Morgan fingerprint density at radius 2 is 1.78 bits per heavy atom. The number of hydrogen-bond donors (Lipinski definition) is 0. The molecule has 1 aromatic rings. The summed E-state index contributed by atoms with van der Waals surface area (Å²) in [5, 5.41) is -0.956. The smallest absolute Gasteiger partial charge is 0.463 e. The predicted molar refractivity (Wildman–Crippen MR) is 77.7 cm³/mol. The van der Waals surface area contributed by atoms with Crippen LogP contribution in [0.2, 0.25) is 10.0 Å². The molecule has 0 radical (unpaired) electrons. The van der Waals surface area contributed by atoms with Gasteiger partial charge in [0.05, 0.1) is 16.7 Å². The van der Waals surface area contributed by atoms with Gasteiger partial charge in [0.25, 0.3) is 0 Å². The van der Waals surface area contributed by atoms with Crippen LogP contribution in [0, 0.1) is 0 Å². The van der Waals surface area contributed by atoms with Gasteiger partial charge < -0.3 is 8.92 Å². The van der Waals surface area contributed by atoms with Gasteiger partial charge in [-0.2, -0.15) is 21.6 Å². The Morgan fingerprint density at radius 1 is 1.26 bits per heavy atom. The number of esters is 1. The number of benzene rings is 1. The highest BCUT2D eigenvalue weighted by Gasteiger charge is 2.49. The summed E-state index contributed by atoms with van der Waals surface area (Å²) in [6.07, 6.45) is 2.27. The second-order valence-corrected chi connectivity index (χ2v) is 6.23. The molecule has 11 heteroatoms. The predicted octanol–water partition coefficient (Wildman–Crippen LogP) is 3.80. The second kappa shape index (κ2) is 7.41. The Kier molecular flexibility index (Phi) is 6.32. The number of ether oxygens (including phenoxy) is 1. The third-order valence-electron chi connectivity index (χ3n) is 2.20. The molecule has 1 aromatic carbocycles. The molecule has 0 N–H and O–H groups in total. The number of rotatable bonds is 5. The Morgan fingerprint density at radius 3 is 2.22 bits per heavy atom. The molecule has 0 aliphatic carbocycles. The van der Waals surface area contributed by atoms with E-state index in [0.717, 1.165) is 18.2 Å². The quantitative estimate of drug-likeness (QED) is 0.330. The van der Waals surface area contributed by atoms with Gasteiger partial charge in [-0.3, -0.25) is 0 Å². The molecule has 0 bridgehead atoms. The van der Waals surface area contributed by atoms with Gasteiger partial charge in [-0.1, -0.05) is 23.2 Å². The zero-order valence-corrected chi connectivity index (χ0v) is 13.7. The largest absolute Gasteiger partial charge is 0.534 e. The van der Waals surface area contributed by atoms with Gasteiger partial charge in [-0.05, 0) is 30.7 Å². The summed E-state index contributed by atoms with van der Waals surface area (Å²) in [6, 6.07) is 2.15. The molecular formula is C12H9Cl2F3O5S. The molecule has 5 nitrogen and oxygen atoms in total. The molecule has 1 rings (SSSR count). The lowest BCUT2D eigenvalue weighted by Gasteiger charge is -2.12. The minimum atomic E-state index is -5.90. The number of halogens is 5. The van der Waals surface area contributed by atoms with Gasteiger partial charge in [0.1, 0.15) is 0 Å². The van der Waals surface area contributed by atoms with E-state index in [0.29, 0.717) is 0 Å². The molecule has 128 valence electrons. The third-order valence-corrected chi connectivity index (χ3v) is 3.71. The zero-order valence-electron chi connectivity index (χ0n) is 11.4. The standard InChI is InChI=1S/C12H9Cl2F3O5S/c1-2-21-10(18)4-3-7-5-8(13)11(9(14)6-7)22-23(19,20)12(15,16)17/h3-6H,2H2,1H3/b4-3+. The van der Waals surface area contributed by atoms with Crippen molar-refractivity contribution in [2.45, 2.75) is 12.4 Å². The summed E-state index contributed by atoms with van der Waals surface area (Å²) in [5.74, 6) is -1.52. The summed E-state index contributed by atoms with van der Waals surface area (Å²) in [5.41, 5.74) is -5.40. The van der Waals surface area contributed by atoms with Crippen LogP contribution in [-0.4, -0.2) is 26.5 Å². The van der Waals surface area contributed by atoms with Gasteiger partial charge in [-0.25, -0.2) is 4.79 Å². The van der Waals surface area contributed by atoms with Crippen LogP contribution in [-0.2, 0) is 19.6 Å². The van der Waals surface area contributed by atoms with E-state index in [4.69, 9.17) is 23.2 Å². The maximum absolute atomic E-state index is 12.3. The summed E-state index contributed by atoms with van der Waals surface area (Å²) in [6.45, 7) is 1.76. The molecule has 0 aliphatic rings. The summed E-state index contributed by atoms with van der Waals surface area (Å²) in [4.78, 5) is 11.1. The number of carbonyl (C=O) groups excluding carboxylic acids is 1. The first-order chi connectivity index (χ1) is 10.5. The van der Waals surface area contributed by atoms with Crippen LogP contribution < -0.4 is 4.18 Å². The van der Waals surface area contributed by atoms with Crippen molar-refractivity contribution in [3.8, 4) is 5.75 Å². The fourth-order valence-electron chi connectivity index (χ4n) is 1.27. The average molecular weight is 393 g/mol. The van der Waals surface area contributed by atoms with Gasteiger partial charge in [0.15, 0.2) is 5.75 Å². The van der Waals surface area contributed by atoms with E-state index in [1.165, 1.54) is 6.08 Å². The molecule has 23 heavy (non-hydrogen) atoms. The lowest BCUT2D eigenvalue weighted by molar-refractivity contribution is -0.137. The molecular weight excluding hydrogens is 384 g/mol.